The Bertz CT molecular complexity index is 83.6. The van der Waals surface area contributed by atoms with Crippen LogP contribution in [0.4, 0.5) is 0 Å². The summed E-state index contributed by atoms with van der Waals surface area (Å²) in [6.45, 7) is 10.3. The van der Waals surface area contributed by atoms with E-state index in [2.05, 4.69) is 25.7 Å². The van der Waals surface area contributed by atoms with Gasteiger partial charge in [0.15, 0.2) is 0 Å². The number of nitrogens with one attached hydrogen (secondary N) is 1. The van der Waals surface area contributed by atoms with Crippen LogP contribution in [0.3, 0.4) is 0 Å². The number of rotatable bonds is 6. The predicted molar refractivity (Wildman–Crippen MR) is 54.4 cm³/mol. The average Bonchev–Trinajstić information content (AvgIpc) is 1.98. The van der Waals surface area contributed by atoms with Crippen LogP contribution in [-0.2, 0) is 0 Å². The molecule has 0 fully saturated rings. The van der Waals surface area contributed by atoms with Crippen LogP contribution in [0.15, 0.2) is 12.7 Å². The predicted octanol–water partition coefficient (Wildman–Crippen LogP) is 2.62. The molecule has 0 bridgehead atoms. The molecule has 68 valence electrons. The zero-order chi connectivity index (χ0) is 7.82. The number of unbranched alkanes of at least 4 members (excludes halogenated alkanes) is 1. The molecule has 0 rings (SSSR count). The minimum Gasteiger partial charge on any atom is -0.316 e. The van der Waals surface area contributed by atoms with Crippen molar-refractivity contribution in [3.05, 3.63) is 12.7 Å². The molecule has 0 heterocycles. The van der Waals surface area contributed by atoms with E-state index in [0.717, 1.165) is 13.1 Å². The minimum atomic E-state index is 0. The van der Waals surface area contributed by atoms with Crippen molar-refractivity contribution in [2.24, 2.45) is 5.92 Å². The molecule has 0 amide bonds. The fourth-order valence-electron chi connectivity index (χ4n) is 0.715. The second-order valence-corrected chi connectivity index (χ2v) is 2.77. The molecule has 2 heteroatoms. The molecular formula is C9H20ClN. The van der Waals surface area contributed by atoms with E-state index in [1.807, 2.05) is 6.08 Å². The fraction of sp³-hybridized carbons (Fsp3) is 0.778. The molecule has 11 heavy (non-hydrogen) atoms. The molecule has 0 spiro atoms. The Kier molecular flexibility index (Phi) is 12.3. The summed E-state index contributed by atoms with van der Waals surface area (Å²) in [6.07, 6.45) is 4.54. The van der Waals surface area contributed by atoms with Gasteiger partial charge >= 0.3 is 0 Å². The van der Waals surface area contributed by atoms with E-state index in [-0.39, 0.29) is 12.4 Å². The summed E-state index contributed by atoms with van der Waals surface area (Å²) in [7, 11) is 0. The summed E-state index contributed by atoms with van der Waals surface area (Å²) < 4.78 is 0. The van der Waals surface area contributed by atoms with Gasteiger partial charge in [0.2, 0.25) is 0 Å². The number of hydrogen-bond donors (Lipinski definition) is 1. The van der Waals surface area contributed by atoms with E-state index < -0.39 is 0 Å². The van der Waals surface area contributed by atoms with Crippen LogP contribution in [0.25, 0.3) is 0 Å². The third kappa shape index (κ3) is 9.99. The molecular weight excluding hydrogens is 158 g/mol. The van der Waals surface area contributed by atoms with Crippen LogP contribution in [0.5, 0.6) is 0 Å². The molecule has 0 saturated carbocycles. The van der Waals surface area contributed by atoms with Crippen LogP contribution >= 0.6 is 12.4 Å². The lowest BCUT2D eigenvalue weighted by Crippen LogP contribution is -2.20. The van der Waals surface area contributed by atoms with Gasteiger partial charge in [-0.25, -0.2) is 0 Å². The Morgan fingerprint density at radius 2 is 2.18 bits per heavy atom. The zero-order valence-electron chi connectivity index (χ0n) is 7.60. The molecule has 1 N–H and O–H groups in total. The number of hydrogen-bond acceptors (Lipinski definition) is 1. The highest BCUT2D eigenvalue weighted by molar-refractivity contribution is 5.85. The lowest BCUT2D eigenvalue weighted by molar-refractivity contribution is 0.575. The van der Waals surface area contributed by atoms with Crippen LogP contribution in [0.2, 0.25) is 0 Å². The van der Waals surface area contributed by atoms with Crippen molar-refractivity contribution < 1.29 is 0 Å². The summed E-state index contributed by atoms with van der Waals surface area (Å²) in [5.74, 6) is 0.608. The summed E-state index contributed by atoms with van der Waals surface area (Å²) in [5, 5.41) is 3.37. The molecule has 1 nitrogen and oxygen atoms in total. The Labute approximate surface area is 76.7 Å². The van der Waals surface area contributed by atoms with E-state index in [1.165, 1.54) is 12.8 Å². The molecule has 1 atom stereocenters. The van der Waals surface area contributed by atoms with Crippen LogP contribution in [-0.4, -0.2) is 13.1 Å². The first-order valence-electron chi connectivity index (χ1n) is 4.14. The van der Waals surface area contributed by atoms with E-state index >= 15 is 0 Å². The number of halogens is 1. The topological polar surface area (TPSA) is 12.0 Å². The third-order valence-corrected chi connectivity index (χ3v) is 1.58. The highest BCUT2D eigenvalue weighted by Crippen LogP contribution is 1.91. The van der Waals surface area contributed by atoms with Gasteiger partial charge in [-0.3, -0.25) is 0 Å². The maximum absolute atomic E-state index is 3.72. The molecule has 0 radical (unpaired) electrons. The maximum atomic E-state index is 3.72. The largest absolute Gasteiger partial charge is 0.316 e. The Hall–Kier alpha value is -0.0100. The minimum absolute atomic E-state index is 0. The van der Waals surface area contributed by atoms with Crippen molar-refractivity contribution in [2.75, 3.05) is 13.1 Å². The van der Waals surface area contributed by atoms with E-state index in [4.69, 9.17) is 0 Å². The molecule has 0 saturated heterocycles. The van der Waals surface area contributed by atoms with Crippen LogP contribution in [0, 0.1) is 5.92 Å². The Morgan fingerprint density at radius 1 is 1.55 bits per heavy atom. The van der Waals surface area contributed by atoms with Crippen LogP contribution in [0.1, 0.15) is 26.7 Å². The highest BCUT2D eigenvalue weighted by Gasteiger charge is 1.92. The molecule has 0 aliphatic rings. The first-order chi connectivity index (χ1) is 4.81. The summed E-state index contributed by atoms with van der Waals surface area (Å²) in [5.41, 5.74) is 0. The molecule has 0 aromatic heterocycles. The van der Waals surface area contributed by atoms with Crippen molar-refractivity contribution in [3.63, 3.8) is 0 Å². The Morgan fingerprint density at radius 3 is 2.64 bits per heavy atom. The van der Waals surface area contributed by atoms with Gasteiger partial charge in [0.1, 0.15) is 0 Å². The van der Waals surface area contributed by atoms with Crippen molar-refractivity contribution in [2.45, 2.75) is 26.7 Å². The fourth-order valence-corrected chi connectivity index (χ4v) is 0.715. The van der Waals surface area contributed by atoms with Gasteiger partial charge in [-0.05, 0) is 18.9 Å². The van der Waals surface area contributed by atoms with Gasteiger partial charge in [0.25, 0.3) is 0 Å². The van der Waals surface area contributed by atoms with Crippen molar-refractivity contribution >= 4 is 12.4 Å². The quantitative estimate of drug-likeness (QED) is 0.486. The SMILES string of the molecule is C=CC(C)CNCCCC.Cl. The average molecular weight is 178 g/mol. The van der Waals surface area contributed by atoms with Gasteiger partial charge in [0.05, 0.1) is 0 Å². The van der Waals surface area contributed by atoms with Gasteiger partial charge in [-0.1, -0.05) is 26.3 Å². The van der Waals surface area contributed by atoms with Gasteiger partial charge in [-0.2, -0.15) is 0 Å². The second kappa shape index (κ2) is 9.99. The van der Waals surface area contributed by atoms with Crippen molar-refractivity contribution in [3.8, 4) is 0 Å². The summed E-state index contributed by atoms with van der Waals surface area (Å²) in [4.78, 5) is 0. The lowest BCUT2D eigenvalue weighted by atomic mass is 10.2. The smallest absolute Gasteiger partial charge is 0.00114 e. The monoisotopic (exact) mass is 177 g/mol. The van der Waals surface area contributed by atoms with E-state index in [1.54, 1.807) is 0 Å². The Balaban J connectivity index is 0. The third-order valence-electron chi connectivity index (χ3n) is 1.58. The molecule has 1 unspecified atom stereocenters. The van der Waals surface area contributed by atoms with Gasteiger partial charge in [-0.15, -0.1) is 19.0 Å². The van der Waals surface area contributed by atoms with Gasteiger partial charge < -0.3 is 5.32 Å². The molecule has 0 aliphatic heterocycles. The summed E-state index contributed by atoms with van der Waals surface area (Å²) >= 11 is 0. The normalized spacial score (nSPS) is 11.8. The van der Waals surface area contributed by atoms with Crippen molar-refractivity contribution in [1.82, 2.24) is 5.32 Å². The standard InChI is InChI=1S/C9H19N.ClH/c1-4-6-7-10-8-9(3)5-2;/h5,9-10H,2,4,6-8H2,1,3H3;1H. The lowest BCUT2D eigenvalue weighted by Gasteiger charge is -2.06. The summed E-state index contributed by atoms with van der Waals surface area (Å²) in [6, 6.07) is 0. The van der Waals surface area contributed by atoms with E-state index in [9.17, 15) is 0 Å². The van der Waals surface area contributed by atoms with Gasteiger partial charge in [0, 0.05) is 6.54 Å². The molecule has 0 aromatic rings. The first-order valence-corrected chi connectivity index (χ1v) is 4.14. The second-order valence-electron chi connectivity index (χ2n) is 2.77. The van der Waals surface area contributed by atoms with Crippen molar-refractivity contribution in [1.29, 1.82) is 0 Å². The highest BCUT2D eigenvalue weighted by atomic mass is 35.5. The first kappa shape index (κ1) is 13.6. The van der Waals surface area contributed by atoms with Crippen LogP contribution < -0.4 is 5.32 Å². The maximum Gasteiger partial charge on any atom is 0.00114 e. The molecule has 0 aliphatic carbocycles. The molecule has 0 aromatic carbocycles. The zero-order valence-corrected chi connectivity index (χ0v) is 8.41. The van der Waals surface area contributed by atoms with E-state index in [0.29, 0.717) is 5.92 Å².